The number of hydrogen-bond donors (Lipinski definition) is 1. The highest BCUT2D eigenvalue weighted by Gasteiger charge is 2.30. The maximum Gasteiger partial charge on any atom is 0.245 e. The topological polar surface area (TPSA) is 63.4 Å². The third kappa shape index (κ3) is 3.49. The molecule has 0 unspecified atom stereocenters. The lowest BCUT2D eigenvalue weighted by Crippen LogP contribution is -2.40. The maximum absolute atomic E-state index is 13.7. The first kappa shape index (κ1) is 17.4. The van der Waals surface area contributed by atoms with Crippen molar-refractivity contribution < 1.29 is 12.8 Å². The molecule has 1 aliphatic heterocycles. The standard InChI is InChI=1S/C13H19FN2O2S.ClH/c1-10-2-3-12(14)13(8-10)19(17,18)16-6-4-11(9-15)5-7-16;/h2-3,8,11H,4-7,9,15H2,1H3;1H. The van der Waals surface area contributed by atoms with E-state index in [9.17, 15) is 12.8 Å². The van der Waals surface area contributed by atoms with E-state index in [1.807, 2.05) is 0 Å². The van der Waals surface area contributed by atoms with Gasteiger partial charge in [-0.15, -0.1) is 12.4 Å². The number of rotatable bonds is 3. The Morgan fingerprint density at radius 2 is 1.95 bits per heavy atom. The smallest absolute Gasteiger partial charge is 0.245 e. The first-order valence-electron chi connectivity index (χ1n) is 6.41. The molecule has 1 saturated heterocycles. The zero-order valence-electron chi connectivity index (χ0n) is 11.4. The largest absolute Gasteiger partial charge is 0.330 e. The number of nitrogens with two attached hydrogens (primary N) is 1. The minimum atomic E-state index is -3.73. The van der Waals surface area contributed by atoms with E-state index in [0.717, 1.165) is 18.4 Å². The summed E-state index contributed by atoms with van der Waals surface area (Å²) in [6.07, 6.45) is 1.48. The fourth-order valence-corrected chi connectivity index (χ4v) is 3.95. The van der Waals surface area contributed by atoms with Crippen LogP contribution in [0.15, 0.2) is 23.1 Å². The summed E-state index contributed by atoms with van der Waals surface area (Å²) in [4.78, 5) is -0.223. The van der Waals surface area contributed by atoms with Gasteiger partial charge >= 0.3 is 0 Å². The third-order valence-electron chi connectivity index (χ3n) is 3.61. The van der Waals surface area contributed by atoms with Crippen LogP contribution in [0, 0.1) is 18.7 Å². The van der Waals surface area contributed by atoms with Crippen molar-refractivity contribution in [3.8, 4) is 0 Å². The van der Waals surface area contributed by atoms with Crippen LogP contribution in [0.5, 0.6) is 0 Å². The number of piperidine rings is 1. The summed E-state index contributed by atoms with van der Waals surface area (Å²) in [7, 11) is -3.73. The third-order valence-corrected chi connectivity index (χ3v) is 5.53. The highest BCUT2D eigenvalue weighted by Crippen LogP contribution is 2.25. The molecule has 0 atom stereocenters. The van der Waals surface area contributed by atoms with Gasteiger partial charge < -0.3 is 5.73 Å². The number of halogens is 2. The molecule has 1 aliphatic rings. The Morgan fingerprint density at radius 1 is 1.35 bits per heavy atom. The average molecular weight is 323 g/mol. The lowest BCUT2D eigenvalue weighted by Gasteiger charge is -2.30. The van der Waals surface area contributed by atoms with E-state index in [4.69, 9.17) is 5.73 Å². The molecule has 2 rings (SSSR count). The van der Waals surface area contributed by atoms with E-state index >= 15 is 0 Å². The molecule has 0 radical (unpaired) electrons. The van der Waals surface area contributed by atoms with Crippen molar-refractivity contribution in [2.24, 2.45) is 11.7 Å². The predicted molar refractivity (Wildman–Crippen MR) is 78.9 cm³/mol. The summed E-state index contributed by atoms with van der Waals surface area (Å²) in [5.41, 5.74) is 6.32. The van der Waals surface area contributed by atoms with Gasteiger partial charge in [0.2, 0.25) is 10.0 Å². The van der Waals surface area contributed by atoms with Crippen molar-refractivity contribution in [3.63, 3.8) is 0 Å². The first-order valence-corrected chi connectivity index (χ1v) is 7.85. The molecule has 0 bridgehead atoms. The van der Waals surface area contributed by atoms with Crippen molar-refractivity contribution in [1.29, 1.82) is 0 Å². The first-order chi connectivity index (χ1) is 8.95. The molecule has 0 aromatic heterocycles. The molecule has 1 fully saturated rings. The molecule has 20 heavy (non-hydrogen) atoms. The Hall–Kier alpha value is -0.690. The summed E-state index contributed by atoms with van der Waals surface area (Å²) in [6, 6.07) is 4.16. The second kappa shape index (κ2) is 6.85. The molecule has 7 heteroatoms. The van der Waals surface area contributed by atoms with Gasteiger partial charge in [0.05, 0.1) is 0 Å². The Balaban J connectivity index is 0.00000200. The van der Waals surface area contributed by atoms with Crippen LogP contribution in [-0.4, -0.2) is 32.4 Å². The summed E-state index contributed by atoms with van der Waals surface area (Å²) < 4.78 is 39.9. The lowest BCUT2D eigenvalue weighted by atomic mass is 9.99. The van der Waals surface area contributed by atoms with Crippen molar-refractivity contribution in [3.05, 3.63) is 29.6 Å². The lowest BCUT2D eigenvalue weighted by molar-refractivity contribution is 0.278. The molecule has 0 amide bonds. The van der Waals surface area contributed by atoms with Gasteiger partial charge in [-0.3, -0.25) is 0 Å². The molecule has 4 nitrogen and oxygen atoms in total. The molecule has 1 aromatic carbocycles. The van der Waals surface area contributed by atoms with Gasteiger partial charge in [-0.05, 0) is 49.9 Å². The molecular weight excluding hydrogens is 303 g/mol. The SMILES string of the molecule is Cc1ccc(F)c(S(=O)(=O)N2CCC(CN)CC2)c1.Cl. The van der Waals surface area contributed by atoms with Crippen LogP contribution in [0.25, 0.3) is 0 Å². The zero-order valence-corrected chi connectivity index (χ0v) is 13.0. The summed E-state index contributed by atoms with van der Waals surface area (Å²) in [5.74, 6) is -0.319. The van der Waals surface area contributed by atoms with Crippen molar-refractivity contribution >= 4 is 22.4 Å². The van der Waals surface area contributed by atoms with Crippen molar-refractivity contribution in [2.75, 3.05) is 19.6 Å². The van der Waals surface area contributed by atoms with E-state index < -0.39 is 15.8 Å². The van der Waals surface area contributed by atoms with Gasteiger partial charge in [0.15, 0.2) is 0 Å². The van der Waals surface area contributed by atoms with Gasteiger partial charge in [0, 0.05) is 13.1 Å². The second-order valence-electron chi connectivity index (χ2n) is 5.02. The highest BCUT2D eigenvalue weighted by atomic mass is 35.5. The van der Waals surface area contributed by atoms with Gasteiger partial charge in [0.1, 0.15) is 10.7 Å². The zero-order chi connectivity index (χ0) is 14.0. The van der Waals surface area contributed by atoms with E-state index in [1.54, 1.807) is 13.0 Å². The fourth-order valence-electron chi connectivity index (χ4n) is 2.33. The molecule has 0 aliphatic carbocycles. The van der Waals surface area contributed by atoms with Crippen LogP contribution < -0.4 is 5.73 Å². The van der Waals surface area contributed by atoms with E-state index in [2.05, 4.69) is 0 Å². The fraction of sp³-hybridized carbons (Fsp3) is 0.538. The second-order valence-corrected chi connectivity index (χ2v) is 6.92. The average Bonchev–Trinajstić information content (AvgIpc) is 2.41. The van der Waals surface area contributed by atoms with Gasteiger partial charge in [-0.1, -0.05) is 6.07 Å². The summed E-state index contributed by atoms with van der Waals surface area (Å²) in [5, 5.41) is 0. The van der Waals surface area contributed by atoms with Crippen LogP contribution in [0.3, 0.4) is 0 Å². The molecule has 1 aromatic rings. The Bertz CT molecular complexity index is 557. The monoisotopic (exact) mass is 322 g/mol. The Labute approximate surface area is 125 Å². The van der Waals surface area contributed by atoms with E-state index in [-0.39, 0.29) is 17.3 Å². The minimum absolute atomic E-state index is 0. The molecule has 0 spiro atoms. The number of aryl methyl sites for hydroxylation is 1. The normalized spacial score (nSPS) is 17.8. The predicted octanol–water partition coefficient (Wildman–Crippen LogP) is 1.92. The van der Waals surface area contributed by atoms with Gasteiger partial charge in [-0.2, -0.15) is 4.31 Å². The molecular formula is C13H20ClFN2O2S. The van der Waals surface area contributed by atoms with Crippen molar-refractivity contribution in [1.82, 2.24) is 4.31 Å². The van der Waals surface area contributed by atoms with Crippen molar-refractivity contribution in [2.45, 2.75) is 24.7 Å². The Morgan fingerprint density at radius 3 is 2.50 bits per heavy atom. The maximum atomic E-state index is 13.7. The van der Waals surface area contributed by atoms with Crippen LogP contribution >= 0.6 is 12.4 Å². The summed E-state index contributed by atoms with van der Waals surface area (Å²) >= 11 is 0. The highest BCUT2D eigenvalue weighted by molar-refractivity contribution is 7.89. The van der Waals surface area contributed by atoms with Gasteiger partial charge in [-0.25, -0.2) is 12.8 Å². The van der Waals surface area contributed by atoms with E-state index in [0.29, 0.717) is 25.6 Å². The summed E-state index contributed by atoms with van der Waals surface area (Å²) in [6.45, 7) is 3.15. The van der Waals surface area contributed by atoms with Crippen LogP contribution in [0.4, 0.5) is 4.39 Å². The molecule has 2 N–H and O–H groups in total. The number of nitrogens with zero attached hydrogens (tertiary/aromatic N) is 1. The van der Waals surface area contributed by atoms with Crippen LogP contribution in [0.2, 0.25) is 0 Å². The van der Waals surface area contributed by atoms with Gasteiger partial charge in [0.25, 0.3) is 0 Å². The van der Waals surface area contributed by atoms with Crippen LogP contribution in [0.1, 0.15) is 18.4 Å². The number of hydrogen-bond acceptors (Lipinski definition) is 3. The minimum Gasteiger partial charge on any atom is -0.330 e. The van der Waals surface area contributed by atoms with E-state index in [1.165, 1.54) is 16.4 Å². The molecule has 114 valence electrons. The molecule has 1 heterocycles. The van der Waals surface area contributed by atoms with Crippen LogP contribution in [-0.2, 0) is 10.0 Å². The Kier molecular flexibility index (Phi) is 5.94. The molecule has 0 saturated carbocycles. The number of benzene rings is 1. The number of sulfonamides is 1. The quantitative estimate of drug-likeness (QED) is 0.924.